The summed E-state index contributed by atoms with van der Waals surface area (Å²) in [5, 5.41) is 8.86. The third kappa shape index (κ3) is 6.90. The fourth-order valence-corrected chi connectivity index (χ4v) is 0.861. The Bertz CT molecular complexity index is 202. The van der Waals surface area contributed by atoms with Gasteiger partial charge in [0.15, 0.2) is 6.10 Å². The van der Waals surface area contributed by atoms with Gasteiger partial charge in [0, 0.05) is 12.8 Å². The zero-order valence-electron chi connectivity index (χ0n) is 9.19. The summed E-state index contributed by atoms with van der Waals surface area (Å²) in [6.45, 7) is 3.09. The smallest absolute Gasteiger partial charge is 0.306 e. The van der Waals surface area contributed by atoms with E-state index in [1.807, 2.05) is 6.92 Å². The molecule has 5 nitrogen and oxygen atoms in total. The van der Waals surface area contributed by atoms with E-state index in [0.717, 1.165) is 0 Å². The monoisotopic (exact) mass is 218 g/mol. The molecule has 1 atom stereocenters. The van der Waals surface area contributed by atoms with Crippen LogP contribution in [0.4, 0.5) is 0 Å². The molecule has 5 heteroatoms. The SMILES string of the molecule is CCCC(=O)OC(CO)COC(=O)CC. The minimum atomic E-state index is -0.750. The Morgan fingerprint density at radius 1 is 1.27 bits per heavy atom. The van der Waals surface area contributed by atoms with Crippen LogP contribution < -0.4 is 0 Å². The standard InChI is InChI=1S/C10H18O5/c1-3-5-10(13)15-8(6-11)7-14-9(12)4-2/h8,11H,3-7H2,1-2H3. The molecule has 0 saturated carbocycles. The van der Waals surface area contributed by atoms with Gasteiger partial charge in [-0.05, 0) is 6.42 Å². The fourth-order valence-electron chi connectivity index (χ4n) is 0.861. The Morgan fingerprint density at radius 2 is 1.93 bits per heavy atom. The van der Waals surface area contributed by atoms with E-state index in [9.17, 15) is 9.59 Å². The molecule has 0 aromatic carbocycles. The van der Waals surface area contributed by atoms with Crippen LogP contribution in [0.3, 0.4) is 0 Å². The molecule has 0 fully saturated rings. The average Bonchev–Trinajstić information content (AvgIpc) is 2.23. The van der Waals surface area contributed by atoms with Crippen molar-refractivity contribution in [2.45, 2.75) is 39.2 Å². The number of aliphatic hydroxyl groups excluding tert-OH is 1. The van der Waals surface area contributed by atoms with E-state index in [-0.39, 0.29) is 31.6 Å². The van der Waals surface area contributed by atoms with Crippen LogP contribution in [0.5, 0.6) is 0 Å². The van der Waals surface area contributed by atoms with E-state index in [4.69, 9.17) is 14.6 Å². The van der Waals surface area contributed by atoms with Crippen LogP contribution >= 0.6 is 0 Å². The van der Waals surface area contributed by atoms with Gasteiger partial charge >= 0.3 is 11.9 Å². The van der Waals surface area contributed by atoms with Crippen LogP contribution in [0.2, 0.25) is 0 Å². The highest BCUT2D eigenvalue weighted by atomic mass is 16.6. The van der Waals surface area contributed by atoms with Crippen LogP contribution in [0.1, 0.15) is 33.1 Å². The molecule has 0 aliphatic carbocycles. The second kappa shape index (κ2) is 8.23. The van der Waals surface area contributed by atoms with E-state index >= 15 is 0 Å². The van der Waals surface area contributed by atoms with E-state index < -0.39 is 6.10 Å². The van der Waals surface area contributed by atoms with Crippen molar-refractivity contribution in [3.8, 4) is 0 Å². The number of carbonyl (C=O) groups is 2. The minimum Gasteiger partial charge on any atom is -0.462 e. The second-order valence-electron chi connectivity index (χ2n) is 3.08. The number of esters is 2. The van der Waals surface area contributed by atoms with Gasteiger partial charge in [-0.15, -0.1) is 0 Å². The Kier molecular flexibility index (Phi) is 7.62. The van der Waals surface area contributed by atoms with Gasteiger partial charge in [-0.1, -0.05) is 13.8 Å². The molecule has 0 rings (SSSR count). The van der Waals surface area contributed by atoms with Crippen molar-refractivity contribution in [1.82, 2.24) is 0 Å². The highest BCUT2D eigenvalue weighted by Crippen LogP contribution is 1.99. The molecule has 0 aliphatic heterocycles. The maximum Gasteiger partial charge on any atom is 0.306 e. The fraction of sp³-hybridized carbons (Fsp3) is 0.800. The van der Waals surface area contributed by atoms with Crippen molar-refractivity contribution in [2.24, 2.45) is 0 Å². The number of ether oxygens (including phenoxy) is 2. The molecule has 0 radical (unpaired) electrons. The molecule has 88 valence electrons. The lowest BCUT2D eigenvalue weighted by Crippen LogP contribution is -2.28. The van der Waals surface area contributed by atoms with E-state index in [2.05, 4.69) is 0 Å². The first-order chi connectivity index (χ1) is 7.13. The van der Waals surface area contributed by atoms with Gasteiger partial charge < -0.3 is 14.6 Å². The predicted octanol–water partition coefficient (Wildman–Crippen LogP) is 0.644. The molecule has 0 saturated heterocycles. The molecule has 0 heterocycles. The summed E-state index contributed by atoms with van der Waals surface area (Å²) < 4.78 is 9.62. The summed E-state index contributed by atoms with van der Waals surface area (Å²) in [6, 6.07) is 0. The van der Waals surface area contributed by atoms with Crippen LogP contribution in [0.15, 0.2) is 0 Å². The Balaban J connectivity index is 3.82. The molecule has 0 aromatic rings. The molecule has 0 spiro atoms. The van der Waals surface area contributed by atoms with Gasteiger partial charge in [0.05, 0.1) is 6.61 Å². The zero-order valence-corrected chi connectivity index (χ0v) is 9.19. The molecule has 1 N–H and O–H groups in total. The van der Waals surface area contributed by atoms with E-state index in [1.165, 1.54) is 0 Å². The third-order valence-electron chi connectivity index (χ3n) is 1.67. The normalized spacial score (nSPS) is 11.9. The maximum atomic E-state index is 11.1. The molecular formula is C10H18O5. The van der Waals surface area contributed by atoms with Crippen molar-refractivity contribution in [3.05, 3.63) is 0 Å². The Labute approximate surface area is 89.4 Å². The molecule has 1 unspecified atom stereocenters. The van der Waals surface area contributed by atoms with Gasteiger partial charge in [-0.2, -0.15) is 0 Å². The lowest BCUT2D eigenvalue weighted by molar-refractivity contribution is -0.161. The van der Waals surface area contributed by atoms with E-state index in [0.29, 0.717) is 12.8 Å². The molecule has 15 heavy (non-hydrogen) atoms. The van der Waals surface area contributed by atoms with Crippen LogP contribution in [-0.4, -0.2) is 36.4 Å². The van der Waals surface area contributed by atoms with Gasteiger partial charge in [-0.25, -0.2) is 0 Å². The zero-order chi connectivity index (χ0) is 11.7. The number of hydrogen-bond donors (Lipinski definition) is 1. The number of rotatable bonds is 7. The Hall–Kier alpha value is -1.10. The predicted molar refractivity (Wildman–Crippen MR) is 53.1 cm³/mol. The molecular weight excluding hydrogens is 200 g/mol. The van der Waals surface area contributed by atoms with Crippen LogP contribution in [-0.2, 0) is 19.1 Å². The summed E-state index contributed by atoms with van der Waals surface area (Å²) in [5.41, 5.74) is 0. The molecule has 0 aliphatic rings. The van der Waals surface area contributed by atoms with Crippen molar-refractivity contribution >= 4 is 11.9 Å². The number of aliphatic hydroxyl groups is 1. The van der Waals surface area contributed by atoms with Crippen molar-refractivity contribution in [3.63, 3.8) is 0 Å². The number of carbonyl (C=O) groups excluding carboxylic acids is 2. The lowest BCUT2D eigenvalue weighted by atomic mass is 10.3. The first-order valence-electron chi connectivity index (χ1n) is 5.09. The summed E-state index contributed by atoms with van der Waals surface area (Å²) in [5.74, 6) is -0.760. The third-order valence-corrected chi connectivity index (χ3v) is 1.67. The van der Waals surface area contributed by atoms with Crippen molar-refractivity contribution < 1.29 is 24.2 Å². The molecule has 0 aromatic heterocycles. The van der Waals surface area contributed by atoms with Crippen LogP contribution in [0.25, 0.3) is 0 Å². The Morgan fingerprint density at radius 3 is 2.40 bits per heavy atom. The average molecular weight is 218 g/mol. The maximum absolute atomic E-state index is 11.1. The first kappa shape index (κ1) is 13.9. The van der Waals surface area contributed by atoms with Crippen LogP contribution in [0, 0.1) is 0 Å². The summed E-state index contributed by atoms with van der Waals surface area (Å²) >= 11 is 0. The van der Waals surface area contributed by atoms with Crippen molar-refractivity contribution in [2.75, 3.05) is 13.2 Å². The molecule has 0 bridgehead atoms. The van der Waals surface area contributed by atoms with Gasteiger partial charge in [0.25, 0.3) is 0 Å². The minimum absolute atomic E-state index is 0.0847. The molecule has 0 amide bonds. The topological polar surface area (TPSA) is 72.8 Å². The summed E-state index contributed by atoms with van der Waals surface area (Å²) in [7, 11) is 0. The highest BCUT2D eigenvalue weighted by Gasteiger charge is 2.14. The van der Waals surface area contributed by atoms with Gasteiger partial charge in [0.2, 0.25) is 0 Å². The summed E-state index contributed by atoms with van der Waals surface area (Å²) in [6.07, 6.45) is 0.505. The van der Waals surface area contributed by atoms with Crippen molar-refractivity contribution in [1.29, 1.82) is 0 Å². The first-order valence-corrected chi connectivity index (χ1v) is 5.09. The largest absolute Gasteiger partial charge is 0.462 e. The second-order valence-corrected chi connectivity index (χ2v) is 3.08. The highest BCUT2D eigenvalue weighted by molar-refractivity contribution is 5.70. The lowest BCUT2D eigenvalue weighted by Gasteiger charge is -2.15. The van der Waals surface area contributed by atoms with E-state index in [1.54, 1.807) is 6.92 Å². The van der Waals surface area contributed by atoms with Gasteiger partial charge in [0.1, 0.15) is 6.61 Å². The quantitative estimate of drug-likeness (QED) is 0.635. The number of hydrogen-bond acceptors (Lipinski definition) is 5. The van der Waals surface area contributed by atoms with Gasteiger partial charge in [-0.3, -0.25) is 9.59 Å². The summed E-state index contributed by atoms with van der Waals surface area (Å²) in [4.78, 5) is 21.9.